The highest BCUT2D eigenvalue weighted by Gasteiger charge is 2.16. The average molecular weight is 635 g/mol. The van der Waals surface area contributed by atoms with Crippen molar-refractivity contribution >= 4 is 33.9 Å². The number of hydrogen-bond acceptors (Lipinski definition) is 2. The number of allylic oxidation sites excluding steroid dienone is 15. The number of para-hydroxylation sites is 1. The van der Waals surface area contributed by atoms with Gasteiger partial charge in [-0.1, -0.05) is 116 Å². The third-order valence-electron chi connectivity index (χ3n) is 9.20. The van der Waals surface area contributed by atoms with E-state index in [4.69, 9.17) is 0 Å². The van der Waals surface area contributed by atoms with Crippen LogP contribution in [0.15, 0.2) is 194 Å². The molecule has 2 nitrogen and oxygen atoms in total. The van der Waals surface area contributed by atoms with Gasteiger partial charge in [0.15, 0.2) is 0 Å². The average Bonchev–Trinajstić information content (AvgIpc) is 3.16. The van der Waals surface area contributed by atoms with Crippen LogP contribution in [0.1, 0.15) is 43.7 Å². The monoisotopic (exact) mass is 634 g/mol. The molecule has 0 bridgehead atoms. The lowest BCUT2D eigenvalue weighted by Crippen LogP contribution is -2.15. The molecule has 0 amide bonds. The molecule has 49 heavy (non-hydrogen) atoms. The van der Waals surface area contributed by atoms with Gasteiger partial charge in [-0.2, -0.15) is 0 Å². The van der Waals surface area contributed by atoms with E-state index in [9.17, 15) is 0 Å². The largest absolute Gasteiger partial charge is 0.317 e. The molecular weight excluding hydrogens is 593 g/mol. The normalized spacial score (nSPS) is 17.2. The SMILES string of the molecule is C=C1/C=C\C=C/N(c2ccc(-c3ccc(N(C(/C=C\C)=C/C4=CCCC=C4)c4ccc(C5=CC=CCC5)cc4)cc3)cc2)c2ccccc21. The second-order valence-electron chi connectivity index (χ2n) is 12.5. The lowest BCUT2D eigenvalue weighted by Gasteiger charge is -2.27. The van der Waals surface area contributed by atoms with E-state index in [1.807, 2.05) is 6.08 Å². The van der Waals surface area contributed by atoms with Crippen molar-refractivity contribution in [2.45, 2.75) is 32.6 Å². The van der Waals surface area contributed by atoms with Crippen LogP contribution in [-0.2, 0) is 0 Å². The molecule has 4 aromatic rings. The van der Waals surface area contributed by atoms with Crippen molar-refractivity contribution in [3.63, 3.8) is 0 Å². The summed E-state index contributed by atoms with van der Waals surface area (Å²) in [7, 11) is 0. The Morgan fingerprint density at radius 1 is 0.714 bits per heavy atom. The molecule has 4 aromatic carbocycles. The van der Waals surface area contributed by atoms with Crippen LogP contribution in [0.25, 0.3) is 22.3 Å². The first kappa shape index (κ1) is 31.7. The van der Waals surface area contributed by atoms with Gasteiger partial charge < -0.3 is 9.80 Å². The molecule has 0 aromatic heterocycles. The standard InChI is InChI=1S/C47H42N2/c1-3-14-45(35-37-16-6-4-7-17-37)49(43-30-24-39(25-31-43)38-18-8-5-9-19-38)44-32-26-41(27-33-44)40-22-28-42(29-23-40)48-34-13-12-15-36(2)46-20-10-11-21-47(46)48/h3,5-6,8,10-18,20-35H,2,4,7,9,19H2,1H3/b14-3-,15-12-,34-13-,45-35+. The first-order valence-electron chi connectivity index (χ1n) is 17.3. The predicted molar refractivity (Wildman–Crippen MR) is 212 cm³/mol. The summed E-state index contributed by atoms with van der Waals surface area (Å²) in [6.45, 7) is 6.37. The molecule has 0 saturated heterocycles. The van der Waals surface area contributed by atoms with E-state index in [0.717, 1.165) is 65.3 Å². The molecule has 7 rings (SSSR count). The summed E-state index contributed by atoms with van der Waals surface area (Å²) in [4.78, 5) is 4.59. The second-order valence-corrected chi connectivity index (χ2v) is 12.5. The molecule has 240 valence electrons. The van der Waals surface area contributed by atoms with Crippen LogP contribution in [0.5, 0.6) is 0 Å². The van der Waals surface area contributed by atoms with Crippen LogP contribution < -0.4 is 9.80 Å². The molecule has 2 aliphatic carbocycles. The quantitative estimate of drug-likeness (QED) is 0.178. The molecule has 1 heterocycles. The van der Waals surface area contributed by atoms with Crippen molar-refractivity contribution in [3.8, 4) is 11.1 Å². The summed E-state index contributed by atoms with van der Waals surface area (Å²) >= 11 is 0. The van der Waals surface area contributed by atoms with Gasteiger partial charge >= 0.3 is 0 Å². The van der Waals surface area contributed by atoms with Gasteiger partial charge in [-0.25, -0.2) is 0 Å². The Hall–Kier alpha value is -5.86. The molecule has 0 fully saturated rings. The Labute approximate surface area is 291 Å². The van der Waals surface area contributed by atoms with Crippen molar-refractivity contribution in [3.05, 3.63) is 205 Å². The number of hydrogen-bond donors (Lipinski definition) is 0. The van der Waals surface area contributed by atoms with Crippen LogP contribution in [-0.4, -0.2) is 0 Å². The molecular formula is C47H42N2. The zero-order chi connectivity index (χ0) is 33.4. The molecule has 0 spiro atoms. The summed E-state index contributed by atoms with van der Waals surface area (Å²) in [6, 6.07) is 35.2. The first-order valence-corrected chi connectivity index (χ1v) is 17.3. The molecule has 0 N–H and O–H groups in total. The summed E-state index contributed by atoms with van der Waals surface area (Å²) < 4.78 is 0. The Morgan fingerprint density at radius 2 is 1.43 bits per heavy atom. The van der Waals surface area contributed by atoms with Gasteiger partial charge in [0, 0.05) is 34.5 Å². The van der Waals surface area contributed by atoms with Crippen LogP contribution in [0.2, 0.25) is 0 Å². The third-order valence-corrected chi connectivity index (χ3v) is 9.20. The van der Waals surface area contributed by atoms with Crippen molar-refractivity contribution in [2.75, 3.05) is 9.80 Å². The topological polar surface area (TPSA) is 6.48 Å². The minimum absolute atomic E-state index is 1.00. The van der Waals surface area contributed by atoms with E-state index < -0.39 is 0 Å². The summed E-state index contributed by atoms with van der Waals surface area (Å²) in [6.07, 6.45) is 32.8. The Bertz CT molecular complexity index is 2060. The zero-order valence-electron chi connectivity index (χ0n) is 28.2. The number of rotatable bonds is 8. The number of fused-ring (bicyclic) bond motifs is 1. The van der Waals surface area contributed by atoms with Crippen LogP contribution in [0.4, 0.5) is 22.7 Å². The lowest BCUT2D eigenvalue weighted by molar-refractivity contribution is 1.02. The number of benzene rings is 4. The van der Waals surface area contributed by atoms with Crippen LogP contribution in [0, 0.1) is 0 Å². The molecule has 0 atom stereocenters. The minimum Gasteiger partial charge on any atom is -0.317 e. The van der Waals surface area contributed by atoms with E-state index in [1.54, 1.807) is 0 Å². The first-order chi connectivity index (χ1) is 24.2. The van der Waals surface area contributed by atoms with Crippen molar-refractivity contribution in [1.82, 2.24) is 0 Å². The van der Waals surface area contributed by atoms with Gasteiger partial charge in [0.2, 0.25) is 0 Å². The molecule has 3 aliphatic rings. The summed E-state index contributed by atoms with van der Waals surface area (Å²) in [5.41, 5.74) is 14.0. The Kier molecular flexibility index (Phi) is 9.66. The maximum absolute atomic E-state index is 4.28. The van der Waals surface area contributed by atoms with E-state index in [-0.39, 0.29) is 0 Å². The predicted octanol–water partition coefficient (Wildman–Crippen LogP) is 13.2. The van der Waals surface area contributed by atoms with Crippen LogP contribution in [0.3, 0.4) is 0 Å². The Balaban J connectivity index is 1.21. The lowest BCUT2D eigenvalue weighted by atomic mass is 9.97. The van der Waals surface area contributed by atoms with E-state index >= 15 is 0 Å². The molecule has 0 unspecified atom stereocenters. The van der Waals surface area contributed by atoms with Gasteiger partial charge in [0.1, 0.15) is 0 Å². The van der Waals surface area contributed by atoms with E-state index in [1.165, 1.54) is 27.8 Å². The molecule has 2 heteroatoms. The van der Waals surface area contributed by atoms with Gasteiger partial charge in [-0.15, -0.1) is 0 Å². The summed E-state index contributed by atoms with van der Waals surface area (Å²) in [5, 5.41) is 0. The fourth-order valence-electron chi connectivity index (χ4n) is 6.66. The van der Waals surface area contributed by atoms with Crippen LogP contribution >= 0.6 is 0 Å². The number of anilines is 4. The highest BCUT2D eigenvalue weighted by Crippen LogP contribution is 2.37. The number of nitrogens with zero attached hydrogens (tertiary/aromatic N) is 2. The fourth-order valence-corrected chi connectivity index (χ4v) is 6.66. The van der Waals surface area contributed by atoms with Gasteiger partial charge in [0.25, 0.3) is 0 Å². The van der Waals surface area contributed by atoms with Crippen molar-refractivity contribution in [1.29, 1.82) is 0 Å². The zero-order valence-corrected chi connectivity index (χ0v) is 28.2. The van der Waals surface area contributed by atoms with Gasteiger partial charge in [0.05, 0.1) is 5.69 Å². The van der Waals surface area contributed by atoms with E-state index in [0.29, 0.717) is 0 Å². The van der Waals surface area contributed by atoms with Gasteiger partial charge in [-0.05, 0) is 127 Å². The maximum atomic E-state index is 4.28. The fraction of sp³-hybridized carbons (Fsp3) is 0.106. The smallest absolute Gasteiger partial charge is 0.0533 e. The maximum Gasteiger partial charge on any atom is 0.0533 e. The second kappa shape index (κ2) is 14.9. The van der Waals surface area contributed by atoms with E-state index in [2.05, 4.69) is 193 Å². The highest BCUT2D eigenvalue weighted by molar-refractivity contribution is 5.86. The van der Waals surface area contributed by atoms with Crippen molar-refractivity contribution in [2.24, 2.45) is 0 Å². The molecule has 0 radical (unpaired) electrons. The summed E-state index contributed by atoms with van der Waals surface area (Å²) in [5.74, 6) is 0. The Morgan fingerprint density at radius 3 is 2.10 bits per heavy atom. The molecule has 0 saturated carbocycles. The molecule has 1 aliphatic heterocycles. The van der Waals surface area contributed by atoms with Crippen molar-refractivity contribution < 1.29 is 0 Å². The minimum atomic E-state index is 1.00. The third kappa shape index (κ3) is 7.20. The highest BCUT2D eigenvalue weighted by atomic mass is 15.1. The van der Waals surface area contributed by atoms with Gasteiger partial charge in [-0.3, -0.25) is 0 Å².